The Kier molecular flexibility index (Phi) is 2.90. The van der Waals surface area contributed by atoms with Gasteiger partial charge in [0.25, 0.3) is 0 Å². The number of carbonyl (C=O) groups is 1. The SMILES string of the molecule is O=C(O)/C=C/c1cc2c(c(C(F)(F)F)c1)OCO2. The van der Waals surface area contributed by atoms with Gasteiger partial charge in [0, 0.05) is 6.08 Å². The van der Waals surface area contributed by atoms with Gasteiger partial charge >= 0.3 is 12.1 Å². The maximum Gasteiger partial charge on any atom is 0.420 e. The molecule has 0 aromatic heterocycles. The second-order valence-electron chi connectivity index (χ2n) is 3.47. The molecule has 0 radical (unpaired) electrons. The molecule has 0 atom stereocenters. The highest BCUT2D eigenvalue weighted by molar-refractivity contribution is 5.85. The van der Waals surface area contributed by atoms with Gasteiger partial charge in [-0.2, -0.15) is 13.2 Å². The molecule has 0 saturated carbocycles. The Balaban J connectivity index is 2.49. The number of carboxylic acid groups (broad SMARTS) is 1. The van der Waals surface area contributed by atoms with Crippen LogP contribution in [0.3, 0.4) is 0 Å². The standard InChI is InChI=1S/C11H7F3O4/c12-11(13,14)7-3-6(1-2-9(15)16)4-8-10(7)18-5-17-8/h1-4H,5H2,(H,15,16)/b2-1+. The number of halogens is 3. The fraction of sp³-hybridized carbons (Fsp3) is 0.182. The number of ether oxygens (including phenoxy) is 2. The largest absolute Gasteiger partial charge is 0.478 e. The number of alkyl halides is 3. The van der Waals surface area contributed by atoms with Crippen LogP contribution in [0.2, 0.25) is 0 Å². The number of fused-ring (bicyclic) bond motifs is 1. The zero-order valence-corrected chi connectivity index (χ0v) is 8.82. The van der Waals surface area contributed by atoms with Gasteiger partial charge in [0.1, 0.15) is 5.56 Å². The van der Waals surface area contributed by atoms with Crippen molar-refractivity contribution in [1.29, 1.82) is 0 Å². The van der Waals surface area contributed by atoms with Crippen molar-refractivity contribution in [3.63, 3.8) is 0 Å². The first-order chi connectivity index (χ1) is 8.38. The Bertz CT molecular complexity index is 520. The quantitative estimate of drug-likeness (QED) is 0.830. The minimum atomic E-state index is -4.59. The monoisotopic (exact) mass is 260 g/mol. The van der Waals surface area contributed by atoms with E-state index in [-0.39, 0.29) is 23.9 Å². The average Bonchev–Trinajstić information content (AvgIpc) is 2.71. The summed E-state index contributed by atoms with van der Waals surface area (Å²) in [6, 6.07) is 2.10. The third kappa shape index (κ3) is 2.39. The van der Waals surface area contributed by atoms with Crippen molar-refractivity contribution >= 4 is 12.0 Å². The van der Waals surface area contributed by atoms with E-state index in [1.54, 1.807) is 0 Å². The lowest BCUT2D eigenvalue weighted by Gasteiger charge is -2.10. The molecule has 0 fully saturated rings. The van der Waals surface area contributed by atoms with Crippen molar-refractivity contribution in [2.75, 3.05) is 6.79 Å². The van der Waals surface area contributed by atoms with Gasteiger partial charge < -0.3 is 14.6 Å². The van der Waals surface area contributed by atoms with Crippen molar-refractivity contribution in [3.8, 4) is 11.5 Å². The van der Waals surface area contributed by atoms with Gasteiger partial charge in [0.2, 0.25) is 6.79 Å². The van der Waals surface area contributed by atoms with Gasteiger partial charge in [-0.25, -0.2) is 4.79 Å². The molecule has 1 aromatic rings. The normalized spacial score (nSPS) is 14.2. The summed E-state index contributed by atoms with van der Waals surface area (Å²) in [5, 5.41) is 8.43. The Labute approximate surface area is 99.2 Å². The fourth-order valence-corrected chi connectivity index (χ4v) is 1.51. The second-order valence-corrected chi connectivity index (χ2v) is 3.47. The molecule has 96 valence electrons. The van der Waals surface area contributed by atoms with Crippen molar-refractivity contribution in [2.45, 2.75) is 6.18 Å². The summed E-state index contributed by atoms with van der Waals surface area (Å²) in [5.41, 5.74) is -0.906. The molecule has 4 nitrogen and oxygen atoms in total. The van der Waals surface area contributed by atoms with Crippen LogP contribution in [0.15, 0.2) is 18.2 Å². The van der Waals surface area contributed by atoms with Crippen LogP contribution in [0.5, 0.6) is 11.5 Å². The summed E-state index contributed by atoms with van der Waals surface area (Å²) in [4.78, 5) is 10.3. The van der Waals surface area contributed by atoms with E-state index in [0.717, 1.165) is 18.2 Å². The summed E-state index contributed by atoms with van der Waals surface area (Å²) in [5.74, 6) is -1.66. The summed E-state index contributed by atoms with van der Waals surface area (Å²) in [6.07, 6.45) is -2.79. The number of carboxylic acids is 1. The van der Waals surface area contributed by atoms with Crippen molar-refractivity contribution in [3.05, 3.63) is 29.3 Å². The van der Waals surface area contributed by atoms with Gasteiger partial charge in [-0.1, -0.05) is 0 Å². The molecule has 0 bridgehead atoms. The van der Waals surface area contributed by atoms with Crippen LogP contribution in [0, 0.1) is 0 Å². The van der Waals surface area contributed by atoms with Crippen LogP contribution in [-0.2, 0) is 11.0 Å². The predicted molar refractivity (Wildman–Crippen MR) is 54.2 cm³/mol. The Morgan fingerprint density at radius 2 is 2.06 bits per heavy atom. The van der Waals surface area contributed by atoms with E-state index in [2.05, 4.69) is 0 Å². The molecule has 18 heavy (non-hydrogen) atoms. The number of benzene rings is 1. The first kappa shape index (κ1) is 12.3. The number of hydrogen-bond acceptors (Lipinski definition) is 3. The molecule has 1 heterocycles. The van der Waals surface area contributed by atoms with Crippen LogP contribution >= 0.6 is 0 Å². The molecule has 0 saturated heterocycles. The van der Waals surface area contributed by atoms with Gasteiger partial charge in [-0.3, -0.25) is 0 Å². The lowest BCUT2D eigenvalue weighted by Crippen LogP contribution is -2.07. The van der Waals surface area contributed by atoms with E-state index in [9.17, 15) is 18.0 Å². The highest BCUT2D eigenvalue weighted by atomic mass is 19.4. The van der Waals surface area contributed by atoms with Gasteiger partial charge in [-0.05, 0) is 23.8 Å². The second kappa shape index (κ2) is 4.25. The smallest absolute Gasteiger partial charge is 0.420 e. The summed E-state index contributed by atoms with van der Waals surface area (Å²) < 4.78 is 47.9. The highest BCUT2D eigenvalue weighted by Crippen LogP contribution is 2.44. The Morgan fingerprint density at radius 3 is 2.67 bits per heavy atom. The molecule has 1 aromatic carbocycles. The molecule has 7 heteroatoms. The molecule has 1 aliphatic heterocycles. The van der Waals surface area contributed by atoms with Gasteiger partial charge in [0.05, 0.1) is 0 Å². The van der Waals surface area contributed by atoms with E-state index in [1.807, 2.05) is 0 Å². The van der Waals surface area contributed by atoms with E-state index >= 15 is 0 Å². The zero-order chi connectivity index (χ0) is 13.3. The van der Waals surface area contributed by atoms with E-state index in [1.165, 1.54) is 6.07 Å². The minimum absolute atomic E-state index is 0.0464. The van der Waals surface area contributed by atoms with E-state index in [4.69, 9.17) is 14.6 Å². The van der Waals surface area contributed by atoms with Crippen molar-refractivity contribution in [2.24, 2.45) is 0 Å². The Hall–Kier alpha value is -2.18. The molecule has 0 spiro atoms. The molecular weight excluding hydrogens is 253 g/mol. The number of aliphatic carboxylic acids is 1. The zero-order valence-electron chi connectivity index (χ0n) is 8.82. The van der Waals surface area contributed by atoms with Gasteiger partial charge in [-0.15, -0.1) is 0 Å². The lowest BCUT2D eigenvalue weighted by atomic mass is 10.1. The molecule has 0 amide bonds. The molecule has 1 aliphatic rings. The molecule has 1 N–H and O–H groups in total. The first-order valence-electron chi connectivity index (χ1n) is 4.80. The predicted octanol–water partition coefficient (Wildman–Crippen LogP) is 2.53. The van der Waals surface area contributed by atoms with E-state index < -0.39 is 17.7 Å². The molecule has 2 rings (SSSR count). The number of rotatable bonds is 2. The molecule has 0 aliphatic carbocycles. The van der Waals surface area contributed by atoms with Crippen LogP contribution in [0.1, 0.15) is 11.1 Å². The lowest BCUT2D eigenvalue weighted by molar-refractivity contribution is -0.138. The van der Waals surface area contributed by atoms with Gasteiger partial charge in [0.15, 0.2) is 11.5 Å². The maximum absolute atomic E-state index is 12.7. The Morgan fingerprint density at radius 1 is 1.33 bits per heavy atom. The summed E-state index contributed by atoms with van der Waals surface area (Å²) in [6.45, 7) is -0.287. The third-order valence-electron chi connectivity index (χ3n) is 2.22. The van der Waals surface area contributed by atoms with Crippen molar-refractivity contribution in [1.82, 2.24) is 0 Å². The van der Waals surface area contributed by atoms with E-state index in [0.29, 0.717) is 0 Å². The topological polar surface area (TPSA) is 55.8 Å². The van der Waals surface area contributed by atoms with Crippen molar-refractivity contribution < 1.29 is 32.5 Å². The van der Waals surface area contributed by atoms with Crippen LogP contribution < -0.4 is 9.47 Å². The average molecular weight is 260 g/mol. The minimum Gasteiger partial charge on any atom is -0.478 e. The first-order valence-corrected chi connectivity index (χ1v) is 4.80. The molecular formula is C11H7F3O4. The fourth-order valence-electron chi connectivity index (χ4n) is 1.51. The summed E-state index contributed by atoms with van der Waals surface area (Å²) in [7, 11) is 0. The number of hydrogen-bond donors (Lipinski definition) is 1. The van der Waals surface area contributed by atoms with Crippen LogP contribution in [0.25, 0.3) is 6.08 Å². The third-order valence-corrected chi connectivity index (χ3v) is 2.22. The molecule has 0 unspecified atom stereocenters. The summed E-state index contributed by atoms with van der Waals surface area (Å²) >= 11 is 0. The van der Waals surface area contributed by atoms with Crippen LogP contribution in [-0.4, -0.2) is 17.9 Å². The van der Waals surface area contributed by atoms with Crippen LogP contribution in [0.4, 0.5) is 13.2 Å². The maximum atomic E-state index is 12.7. The highest BCUT2D eigenvalue weighted by Gasteiger charge is 2.38.